The van der Waals surface area contributed by atoms with Gasteiger partial charge in [0.2, 0.25) is 0 Å². The highest BCUT2D eigenvalue weighted by Crippen LogP contribution is 2.37. The van der Waals surface area contributed by atoms with Gasteiger partial charge in [0.1, 0.15) is 23.1 Å². The van der Waals surface area contributed by atoms with Gasteiger partial charge in [-0.15, -0.1) is 0 Å². The Kier molecular flexibility index (Phi) is 4.53. The molecule has 0 aromatic heterocycles. The van der Waals surface area contributed by atoms with E-state index in [-0.39, 0.29) is 37.8 Å². The van der Waals surface area contributed by atoms with Gasteiger partial charge in [0.25, 0.3) is 5.69 Å². The summed E-state index contributed by atoms with van der Waals surface area (Å²) in [5.41, 5.74) is -0.418. The first-order chi connectivity index (χ1) is 9.92. The maximum Gasteiger partial charge on any atom is 0.287 e. The van der Waals surface area contributed by atoms with Crippen molar-refractivity contribution in [2.24, 2.45) is 0 Å². The van der Waals surface area contributed by atoms with E-state index in [0.717, 1.165) is 0 Å². The lowest BCUT2D eigenvalue weighted by Gasteiger charge is -2.09. The monoisotopic (exact) mass is 342 g/mol. The summed E-state index contributed by atoms with van der Waals surface area (Å²) in [6.45, 7) is 0. The van der Waals surface area contributed by atoms with Crippen molar-refractivity contribution in [1.82, 2.24) is 0 Å². The molecule has 0 aliphatic rings. The molecular weight excluding hydrogens is 339 g/mol. The molecule has 5 nitrogen and oxygen atoms in total. The molecule has 0 radical (unpaired) electrons. The van der Waals surface area contributed by atoms with Gasteiger partial charge in [0.05, 0.1) is 20.0 Å². The molecule has 0 atom stereocenters. The van der Waals surface area contributed by atoms with Crippen molar-refractivity contribution in [3.63, 3.8) is 0 Å². The van der Waals surface area contributed by atoms with Crippen LogP contribution in [0, 0.1) is 21.4 Å². The molecule has 106 valence electrons. The molecule has 2 aromatic rings. The SMILES string of the molecule is N#Cc1cc(Oc2cc(Cl)c(Cl)cc2Cl)ccc1[N+](=O)[O-]. The van der Waals surface area contributed by atoms with E-state index in [2.05, 4.69) is 0 Å². The zero-order valence-electron chi connectivity index (χ0n) is 10.1. The lowest BCUT2D eigenvalue weighted by atomic mass is 10.2. The second-order valence-electron chi connectivity index (χ2n) is 3.85. The van der Waals surface area contributed by atoms with E-state index in [0.29, 0.717) is 0 Å². The van der Waals surface area contributed by atoms with Gasteiger partial charge in [0, 0.05) is 18.2 Å². The molecule has 0 heterocycles. The van der Waals surface area contributed by atoms with Crippen molar-refractivity contribution >= 4 is 40.5 Å². The van der Waals surface area contributed by atoms with E-state index in [4.69, 9.17) is 44.8 Å². The zero-order chi connectivity index (χ0) is 15.6. The number of hydrogen-bond donors (Lipinski definition) is 0. The summed E-state index contributed by atoms with van der Waals surface area (Å²) in [5, 5.41) is 20.4. The maximum absolute atomic E-state index is 10.7. The van der Waals surface area contributed by atoms with E-state index in [1.54, 1.807) is 6.07 Å². The fraction of sp³-hybridized carbons (Fsp3) is 0. The van der Waals surface area contributed by atoms with Crippen LogP contribution in [0.2, 0.25) is 15.1 Å². The lowest BCUT2D eigenvalue weighted by molar-refractivity contribution is -0.385. The lowest BCUT2D eigenvalue weighted by Crippen LogP contribution is -1.93. The molecule has 0 aliphatic carbocycles. The third-order valence-corrected chi connectivity index (χ3v) is 3.51. The summed E-state index contributed by atoms with van der Waals surface area (Å²) in [6, 6.07) is 8.35. The molecule has 0 N–H and O–H groups in total. The van der Waals surface area contributed by atoms with Crippen molar-refractivity contribution < 1.29 is 9.66 Å². The Morgan fingerprint density at radius 1 is 1.10 bits per heavy atom. The number of benzene rings is 2. The van der Waals surface area contributed by atoms with Crippen LogP contribution in [0.5, 0.6) is 11.5 Å². The summed E-state index contributed by atoms with van der Waals surface area (Å²) in [6.07, 6.45) is 0. The number of rotatable bonds is 3. The Morgan fingerprint density at radius 2 is 1.76 bits per heavy atom. The van der Waals surface area contributed by atoms with Crippen LogP contribution in [0.1, 0.15) is 5.56 Å². The molecule has 8 heteroatoms. The normalized spacial score (nSPS) is 10.0. The number of nitro groups is 1. The van der Waals surface area contributed by atoms with Gasteiger partial charge in [-0.25, -0.2) is 0 Å². The Bertz CT molecular complexity index is 772. The minimum atomic E-state index is -0.644. The number of nitriles is 1. The average molecular weight is 344 g/mol. The number of ether oxygens (including phenoxy) is 1. The van der Waals surface area contributed by atoms with Gasteiger partial charge in [0.15, 0.2) is 0 Å². The number of nitrogens with zero attached hydrogens (tertiary/aromatic N) is 2. The highest BCUT2D eigenvalue weighted by molar-refractivity contribution is 6.43. The van der Waals surface area contributed by atoms with E-state index in [1.165, 1.54) is 30.3 Å². The smallest absolute Gasteiger partial charge is 0.287 e. The van der Waals surface area contributed by atoms with Crippen LogP contribution in [0.25, 0.3) is 0 Å². The van der Waals surface area contributed by atoms with E-state index < -0.39 is 4.92 Å². The van der Waals surface area contributed by atoms with Crippen LogP contribution < -0.4 is 4.74 Å². The Balaban J connectivity index is 2.39. The molecule has 0 fully saturated rings. The van der Waals surface area contributed by atoms with Gasteiger partial charge in [-0.05, 0) is 12.1 Å². The molecular formula is C13H5Cl3N2O3. The van der Waals surface area contributed by atoms with Crippen LogP contribution in [0.3, 0.4) is 0 Å². The topological polar surface area (TPSA) is 76.2 Å². The number of hydrogen-bond acceptors (Lipinski definition) is 4. The fourth-order valence-corrected chi connectivity index (χ4v) is 2.11. The molecule has 0 unspecified atom stereocenters. The third-order valence-electron chi connectivity index (χ3n) is 2.49. The first-order valence-corrected chi connectivity index (χ1v) is 6.56. The highest BCUT2D eigenvalue weighted by Gasteiger charge is 2.15. The summed E-state index contributed by atoms with van der Waals surface area (Å²) in [5.74, 6) is 0.446. The second kappa shape index (κ2) is 6.19. The first-order valence-electron chi connectivity index (χ1n) is 5.43. The first kappa shape index (κ1) is 15.4. The van der Waals surface area contributed by atoms with Crippen molar-refractivity contribution in [2.75, 3.05) is 0 Å². The standard InChI is InChI=1S/C13H5Cl3N2O3/c14-9-4-11(16)13(5-10(9)15)21-8-1-2-12(18(19)20)7(3-8)6-17/h1-5H. The molecule has 21 heavy (non-hydrogen) atoms. The number of halogens is 3. The van der Waals surface area contributed by atoms with Crippen LogP contribution in [-0.2, 0) is 0 Å². The minimum absolute atomic E-state index is 0.117. The summed E-state index contributed by atoms with van der Waals surface area (Å²) < 4.78 is 5.47. The van der Waals surface area contributed by atoms with Crippen molar-refractivity contribution in [1.29, 1.82) is 5.26 Å². The minimum Gasteiger partial charge on any atom is -0.456 e. The van der Waals surface area contributed by atoms with Crippen LogP contribution in [-0.4, -0.2) is 4.92 Å². The molecule has 0 saturated heterocycles. The maximum atomic E-state index is 10.7. The van der Waals surface area contributed by atoms with Crippen LogP contribution >= 0.6 is 34.8 Å². The van der Waals surface area contributed by atoms with Crippen molar-refractivity contribution in [3.8, 4) is 17.6 Å². The van der Waals surface area contributed by atoms with Crippen LogP contribution in [0.15, 0.2) is 30.3 Å². The third kappa shape index (κ3) is 3.37. The van der Waals surface area contributed by atoms with E-state index in [9.17, 15) is 10.1 Å². The van der Waals surface area contributed by atoms with Crippen molar-refractivity contribution in [3.05, 3.63) is 61.1 Å². The molecule has 0 amide bonds. The Hall–Kier alpha value is -2.00. The summed E-state index contributed by atoms with van der Waals surface area (Å²) in [4.78, 5) is 10.1. The molecule has 2 rings (SSSR count). The molecule has 0 spiro atoms. The second-order valence-corrected chi connectivity index (χ2v) is 5.07. The van der Waals surface area contributed by atoms with Crippen molar-refractivity contribution in [2.45, 2.75) is 0 Å². The Morgan fingerprint density at radius 3 is 2.38 bits per heavy atom. The van der Waals surface area contributed by atoms with Gasteiger partial charge >= 0.3 is 0 Å². The Labute approximate surface area is 134 Å². The zero-order valence-corrected chi connectivity index (χ0v) is 12.4. The summed E-state index contributed by atoms with van der Waals surface area (Å²) in [7, 11) is 0. The molecule has 0 saturated carbocycles. The summed E-state index contributed by atoms with van der Waals surface area (Å²) >= 11 is 17.6. The van der Waals surface area contributed by atoms with Crippen LogP contribution in [0.4, 0.5) is 5.69 Å². The predicted molar refractivity (Wildman–Crippen MR) is 79.4 cm³/mol. The van der Waals surface area contributed by atoms with Gasteiger partial charge < -0.3 is 4.74 Å². The van der Waals surface area contributed by atoms with Gasteiger partial charge in [-0.1, -0.05) is 34.8 Å². The highest BCUT2D eigenvalue weighted by atomic mass is 35.5. The average Bonchev–Trinajstić information content (AvgIpc) is 2.44. The quantitative estimate of drug-likeness (QED) is 0.435. The fourth-order valence-electron chi connectivity index (χ4n) is 1.54. The molecule has 0 bridgehead atoms. The number of nitro benzene ring substituents is 1. The van der Waals surface area contributed by atoms with Gasteiger partial charge in [-0.2, -0.15) is 5.26 Å². The predicted octanol–water partition coefficient (Wildman–Crippen LogP) is 5.22. The molecule has 2 aromatic carbocycles. The van der Waals surface area contributed by atoms with E-state index in [1.807, 2.05) is 0 Å². The van der Waals surface area contributed by atoms with E-state index >= 15 is 0 Å². The molecule has 0 aliphatic heterocycles. The largest absolute Gasteiger partial charge is 0.456 e. The van der Waals surface area contributed by atoms with Gasteiger partial charge in [-0.3, -0.25) is 10.1 Å².